The number of carbonyl (C=O) groups is 2. The summed E-state index contributed by atoms with van der Waals surface area (Å²) >= 11 is 0. The Kier molecular flexibility index (Phi) is 3.61. The third-order valence-electron chi connectivity index (χ3n) is 6.01. The number of esters is 2. The number of hydrogen-bond acceptors (Lipinski definition) is 6. The Balaban J connectivity index is 2.07. The second-order valence-corrected chi connectivity index (χ2v) is 7.67. The minimum absolute atomic E-state index is 0.277. The third kappa shape index (κ3) is 2.31. The zero-order valence-electron chi connectivity index (χ0n) is 13.7. The molecule has 3 rings (SSSR count). The van der Waals surface area contributed by atoms with Gasteiger partial charge in [0.25, 0.3) is 0 Å². The Morgan fingerprint density at radius 3 is 2.70 bits per heavy atom. The second-order valence-electron chi connectivity index (χ2n) is 7.67. The number of hydrogen-bond donors (Lipinski definition) is 2. The zero-order valence-corrected chi connectivity index (χ0v) is 13.7. The van der Waals surface area contributed by atoms with Crippen molar-refractivity contribution in [1.29, 1.82) is 0 Å². The van der Waals surface area contributed by atoms with Gasteiger partial charge < -0.3 is 19.7 Å². The maximum atomic E-state index is 12.0. The molecule has 7 atom stereocenters. The fourth-order valence-corrected chi connectivity index (χ4v) is 5.03. The maximum Gasteiger partial charge on any atom is 0.334 e. The molecular weight excluding hydrogens is 300 g/mol. The summed E-state index contributed by atoms with van der Waals surface area (Å²) in [5.41, 5.74) is -1.49. The summed E-state index contributed by atoms with van der Waals surface area (Å²) < 4.78 is 10.9. The lowest BCUT2D eigenvalue weighted by Crippen LogP contribution is -2.65. The van der Waals surface area contributed by atoms with Crippen LogP contribution in [0.3, 0.4) is 0 Å². The van der Waals surface area contributed by atoms with Gasteiger partial charge in [-0.15, -0.1) is 0 Å². The molecule has 0 bridgehead atoms. The second kappa shape index (κ2) is 5.05. The minimum Gasteiger partial charge on any atom is -0.462 e. The van der Waals surface area contributed by atoms with Crippen molar-refractivity contribution in [2.75, 3.05) is 0 Å². The Bertz CT molecular complexity index is 567. The van der Waals surface area contributed by atoms with Crippen LogP contribution in [0.5, 0.6) is 0 Å². The highest BCUT2D eigenvalue weighted by atomic mass is 16.6. The topological polar surface area (TPSA) is 93.1 Å². The van der Waals surface area contributed by atoms with Crippen LogP contribution in [-0.4, -0.2) is 46.1 Å². The van der Waals surface area contributed by atoms with Crippen molar-refractivity contribution in [3.63, 3.8) is 0 Å². The van der Waals surface area contributed by atoms with Gasteiger partial charge in [0, 0.05) is 23.8 Å². The highest BCUT2D eigenvalue weighted by molar-refractivity contribution is 5.91. The van der Waals surface area contributed by atoms with E-state index in [1.54, 1.807) is 6.92 Å². The summed E-state index contributed by atoms with van der Waals surface area (Å²) in [5.74, 6) is -1.86. The van der Waals surface area contributed by atoms with E-state index in [2.05, 4.69) is 6.58 Å². The lowest BCUT2D eigenvalue weighted by Gasteiger charge is -2.58. The molecule has 0 spiro atoms. The summed E-state index contributed by atoms with van der Waals surface area (Å²) in [7, 11) is 0. The van der Waals surface area contributed by atoms with E-state index in [0.29, 0.717) is 19.3 Å². The Hall–Kier alpha value is -1.40. The summed E-state index contributed by atoms with van der Waals surface area (Å²) in [6, 6.07) is 0. The van der Waals surface area contributed by atoms with Crippen LogP contribution in [0.4, 0.5) is 0 Å². The van der Waals surface area contributed by atoms with E-state index in [9.17, 15) is 19.8 Å². The van der Waals surface area contributed by atoms with E-state index < -0.39 is 53.1 Å². The summed E-state index contributed by atoms with van der Waals surface area (Å²) in [6.07, 6.45) is -0.617. The monoisotopic (exact) mass is 324 g/mol. The van der Waals surface area contributed by atoms with Gasteiger partial charge in [-0.05, 0) is 26.2 Å². The van der Waals surface area contributed by atoms with Crippen LogP contribution in [0.1, 0.15) is 40.0 Å². The number of fused-ring (bicyclic) bond motifs is 3. The van der Waals surface area contributed by atoms with Gasteiger partial charge >= 0.3 is 11.9 Å². The average molecular weight is 324 g/mol. The van der Waals surface area contributed by atoms with Gasteiger partial charge in [0.15, 0.2) is 0 Å². The first kappa shape index (κ1) is 16.5. The average Bonchev–Trinajstić information content (AvgIpc) is 2.69. The van der Waals surface area contributed by atoms with Crippen LogP contribution in [-0.2, 0) is 19.1 Å². The lowest BCUT2D eigenvalue weighted by molar-refractivity contribution is -0.231. The van der Waals surface area contributed by atoms with Crippen LogP contribution in [0, 0.1) is 17.3 Å². The lowest BCUT2D eigenvalue weighted by atomic mass is 9.50. The maximum absolute atomic E-state index is 12.0. The molecule has 128 valence electrons. The van der Waals surface area contributed by atoms with Crippen molar-refractivity contribution in [2.24, 2.45) is 17.3 Å². The number of ether oxygens (including phenoxy) is 2. The van der Waals surface area contributed by atoms with E-state index in [4.69, 9.17) is 9.47 Å². The fraction of sp³-hybridized carbons (Fsp3) is 0.765. The van der Waals surface area contributed by atoms with Gasteiger partial charge in [0.05, 0.1) is 17.6 Å². The van der Waals surface area contributed by atoms with E-state index in [1.165, 1.54) is 6.92 Å². The molecule has 3 fully saturated rings. The largest absolute Gasteiger partial charge is 0.462 e. The SMILES string of the molecule is C=C1C(=O)O[C@H]2[C@H]1[C@@H](OC(C)=O)C[C@@]1(C)[C@H](O)CC[C@@](C)(O)[C@H]21. The molecule has 0 unspecified atom stereocenters. The predicted molar refractivity (Wildman–Crippen MR) is 80.1 cm³/mol. The van der Waals surface area contributed by atoms with Gasteiger partial charge in [-0.1, -0.05) is 13.5 Å². The van der Waals surface area contributed by atoms with Crippen LogP contribution in [0.15, 0.2) is 12.2 Å². The van der Waals surface area contributed by atoms with Crippen molar-refractivity contribution in [3.05, 3.63) is 12.2 Å². The van der Waals surface area contributed by atoms with E-state index in [-0.39, 0.29) is 5.57 Å². The molecule has 1 saturated heterocycles. The van der Waals surface area contributed by atoms with Gasteiger partial charge in [-0.3, -0.25) is 4.79 Å². The molecule has 3 aliphatic rings. The molecule has 2 aliphatic carbocycles. The van der Waals surface area contributed by atoms with Gasteiger partial charge in [0.2, 0.25) is 0 Å². The highest BCUT2D eigenvalue weighted by Gasteiger charge is 2.66. The zero-order chi connectivity index (χ0) is 17.2. The Morgan fingerprint density at radius 2 is 2.09 bits per heavy atom. The van der Waals surface area contributed by atoms with Crippen molar-refractivity contribution in [3.8, 4) is 0 Å². The van der Waals surface area contributed by atoms with Crippen molar-refractivity contribution in [2.45, 2.75) is 63.9 Å². The molecule has 0 aromatic heterocycles. The number of aliphatic hydroxyl groups excluding tert-OH is 1. The van der Waals surface area contributed by atoms with Crippen LogP contribution in [0.25, 0.3) is 0 Å². The molecule has 6 nitrogen and oxygen atoms in total. The molecule has 2 N–H and O–H groups in total. The first-order valence-corrected chi connectivity index (χ1v) is 8.05. The molecule has 0 amide bonds. The van der Waals surface area contributed by atoms with Crippen LogP contribution in [0.2, 0.25) is 0 Å². The van der Waals surface area contributed by atoms with Gasteiger partial charge in [-0.25, -0.2) is 4.79 Å². The third-order valence-corrected chi connectivity index (χ3v) is 6.01. The molecule has 6 heteroatoms. The Labute approximate surface area is 135 Å². The molecule has 0 aromatic rings. The van der Waals surface area contributed by atoms with E-state index in [0.717, 1.165) is 0 Å². The molecule has 23 heavy (non-hydrogen) atoms. The fourth-order valence-electron chi connectivity index (χ4n) is 5.03. The van der Waals surface area contributed by atoms with E-state index in [1.807, 2.05) is 6.92 Å². The van der Waals surface area contributed by atoms with Gasteiger partial charge in [0.1, 0.15) is 12.2 Å². The summed E-state index contributed by atoms with van der Waals surface area (Å²) in [4.78, 5) is 23.5. The molecule has 0 aromatic carbocycles. The molecule has 0 radical (unpaired) electrons. The summed E-state index contributed by atoms with van der Waals surface area (Å²) in [5, 5.41) is 21.5. The molecule has 1 heterocycles. The quantitative estimate of drug-likeness (QED) is 0.551. The molecule has 1 aliphatic heterocycles. The van der Waals surface area contributed by atoms with Crippen LogP contribution < -0.4 is 0 Å². The van der Waals surface area contributed by atoms with Crippen molar-refractivity contribution in [1.82, 2.24) is 0 Å². The smallest absolute Gasteiger partial charge is 0.334 e. The molecule has 2 saturated carbocycles. The van der Waals surface area contributed by atoms with Crippen molar-refractivity contribution >= 4 is 11.9 Å². The minimum atomic E-state index is -1.07. The first-order valence-electron chi connectivity index (χ1n) is 8.05. The number of aliphatic hydroxyl groups is 2. The Morgan fingerprint density at radius 1 is 1.43 bits per heavy atom. The standard InChI is InChI=1S/C17H24O6/c1-8-12-10(22-9(2)18)7-16(3)11(19)5-6-17(4,21)14(16)13(12)23-15(8)20/h10-14,19,21H,1,5-7H2,2-4H3/t10-,11+,12+,13-,14+,16-,17+/m0/s1. The normalized spacial score (nSPS) is 49.2. The number of rotatable bonds is 1. The van der Waals surface area contributed by atoms with Crippen molar-refractivity contribution < 1.29 is 29.3 Å². The van der Waals surface area contributed by atoms with Gasteiger partial charge in [-0.2, -0.15) is 0 Å². The number of carbonyl (C=O) groups excluding carboxylic acids is 2. The molecular formula is C17H24O6. The first-order chi connectivity index (χ1) is 10.6. The summed E-state index contributed by atoms with van der Waals surface area (Å²) in [6.45, 7) is 8.71. The predicted octanol–water partition coefficient (Wildman–Crippen LogP) is 0.948. The highest BCUT2D eigenvalue weighted by Crippen LogP contribution is 2.59. The van der Waals surface area contributed by atoms with E-state index >= 15 is 0 Å². The van der Waals surface area contributed by atoms with Crippen LogP contribution >= 0.6 is 0 Å².